The Hall–Kier alpha value is -1.19. The molecule has 3 heteroatoms. The lowest BCUT2D eigenvalue weighted by Gasteiger charge is -2.11. The summed E-state index contributed by atoms with van der Waals surface area (Å²) in [6, 6.07) is 13.2. The topological polar surface area (TPSA) is 20.2 Å². The van der Waals surface area contributed by atoms with Crippen LogP contribution in [0.4, 0.5) is 4.39 Å². The molecule has 0 saturated carbocycles. The van der Waals surface area contributed by atoms with Gasteiger partial charge >= 0.3 is 0 Å². The highest BCUT2D eigenvalue weighted by Gasteiger charge is 2.09. The summed E-state index contributed by atoms with van der Waals surface area (Å²) in [6.07, 6.45) is -0.714. The monoisotopic (exact) mass is 280 g/mol. The molecule has 0 fully saturated rings. The number of aliphatic hydroxyl groups excluding tert-OH is 1. The molecule has 0 amide bonds. The quantitative estimate of drug-likeness (QED) is 0.890. The Bertz CT molecular complexity index is 419. The van der Waals surface area contributed by atoms with Crippen molar-refractivity contribution in [3.63, 3.8) is 0 Å². The number of rotatable bonds is 2. The van der Waals surface area contributed by atoms with E-state index in [1.807, 2.05) is 24.3 Å². The van der Waals surface area contributed by atoms with Crippen molar-refractivity contribution in [2.75, 3.05) is 0 Å². The van der Waals surface area contributed by atoms with E-state index < -0.39 is 6.10 Å². The minimum absolute atomic E-state index is 0.299. The minimum Gasteiger partial charge on any atom is -0.384 e. The van der Waals surface area contributed by atoms with Gasteiger partial charge in [-0.1, -0.05) is 40.2 Å². The second kappa shape index (κ2) is 4.76. The molecule has 1 N–H and O–H groups in total. The summed E-state index contributed by atoms with van der Waals surface area (Å²) in [5.41, 5.74) is 1.47. The van der Waals surface area contributed by atoms with Gasteiger partial charge in [0.15, 0.2) is 0 Å². The van der Waals surface area contributed by atoms with Crippen molar-refractivity contribution in [1.82, 2.24) is 0 Å². The molecule has 0 heterocycles. The lowest BCUT2D eigenvalue weighted by Crippen LogP contribution is -1.99. The van der Waals surface area contributed by atoms with Crippen molar-refractivity contribution in [1.29, 1.82) is 0 Å². The lowest BCUT2D eigenvalue weighted by atomic mass is 10.0. The predicted molar refractivity (Wildman–Crippen MR) is 64.6 cm³/mol. The Morgan fingerprint density at radius 1 is 0.875 bits per heavy atom. The van der Waals surface area contributed by atoms with E-state index in [9.17, 15) is 9.50 Å². The average molecular weight is 281 g/mol. The van der Waals surface area contributed by atoms with E-state index in [2.05, 4.69) is 15.9 Å². The Labute approximate surface area is 102 Å². The first-order valence-electron chi connectivity index (χ1n) is 4.86. The largest absolute Gasteiger partial charge is 0.384 e. The third-order valence-corrected chi connectivity index (χ3v) is 2.90. The van der Waals surface area contributed by atoms with Crippen molar-refractivity contribution in [2.24, 2.45) is 0 Å². The van der Waals surface area contributed by atoms with Gasteiger partial charge in [0.05, 0.1) is 0 Å². The summed E-state index contributed by atoms with van der Waals surface area (Å²) in [4.78, 5) is 0. The molecule has 0 aliphatic heterocycles. The molecule has 0 aliphatic carbocycles. The van der Waals surface area contributed by atoms with Crippen LogP contribution >= 0.6 is 15.9 Å². The first kappa shape index (κ1) is 11.3. The fourth-order valence-electron chi connectivity index (χ4n) is 1.48. The number of benzene rings is 2. The zero-order valence-corrected chi connectivity index (χ0v) is 9.99. The summed E-state index contributed by atoms with van der Waals surface area (Å²) >= 11 is 3.33. The Morgan fingerprint density at radius 2 is 1.31 bits per heavy atom. The third kappa shape index (κ3) is 2.49. The zero-order chi connectivity index (χ0) is 11.5. The van der Waals surface area contributed by atoms with Gasteiger partial charge in [-0.25, -0.2) is 4.39 Å². The number of aliphatic hydroxyl groups is 1. The van der Waals surface area contributed by atoms with Crippen LogP contribution in [0.15, 0.2) is 53.0 Å². The van der Waals surface area contributed by atoms with Crippen LogP contribution in [0.1, 0.15) is 17.2 Å². The first-order valence-corrected chi connectivity index (χ1v) is 5.65. The van der Waals surface area contributed by atoms with Gasteiger partial charge in [0.1, 0.15) is 11.9 Å². The molecule has 1 atom stereocenters. The van der Waals surface area contributed by atoms with E-state index in [1.54, 1.807) is 12.1 Å². The summed E-state index contributed by atoms with van der Waals surface area (Å²) in [5, 5.41) is 10.0. The lowest BCUT2D eigenvalue weighted by molar-refractivity contribution is 0.220. The van der Waals surface area contributed by atoms with E-state index in [4.69, 9.17) is 0 Å². The highest BCUT2D eigenvalue weighted by Crippen LogP contribution is 2.23. The van der Waals surface area contributed by atoms with Gasteiger partial charge in [-0.15, -0.1) is 0 Å². The number of hydrogen-bond acceptors (Lipinski definition) is 1. The molecular weight excluding hydrogens is 271 g/mol. The maximum Gasteiger partial charge on any atom is 0.123 e. The summed E-state index contributed by atoms with van der Waals surface area (Å²) in [5.74, 6) is -0.299. The van der Waals surface area contributed by atoms with Crippen LogP contribution in [0.5, 0.6) is 0 Å². The normalized spacial score (nSPS) is 12.4. The zero-order valence-electron chi connectivity index (χ0n) is 8.40. The highest BCUT2D eigenvalue weighted by molar-refractivity contribution is 9.10. The second-order valence-corrected chi connectivity index (χ2v) is 4.42. The fourth-order valence-corrected chi connectivity index (χ4v) is 1.75. The fraction of sp³-hybridized carbons (Fsp3) is 0.0769. The molecule has 1 nitrogen and oxygen atoms in total. The molecule has 0 spiro atoms. The first-order chi connectivity index (χ1) is 7.66. The van der Waals surface area contributed by atoms with Crippen molar-refractivity contribution in [3.8, 4) is 0 Å². The van der Waals surface area contributed by atoms with Crippen LogP contribution in [0.25, 0.3) is 0 Å². The van der Waals surface area contributed by atoms with Crippen molar-refractivity contribution in [3.05, 3.63) is 69.9 Å². The van der Waals surface area contributed by atoms with Crippen LogP contribution in [0, 0.1) is 5.82 Å². The minimum atomic E-state index is -0.714. The Kier molecular flexibility index (Phi) is 3.36. The molecular formula is C13H10BrFO. The van der Waals surface area contributed by atoms with Gasteiger partial charge in [0.25, 0.3) is 0 Å². The van der Waals surface area contributed by atoms with Crippen LogP contribution in [-0.4, -0.2) is 5.11 Å². The predicted octanol–water partition coefficient (Wildman–Crippen LogP) is 3.67. The Balaban J connectivity index is 2.28. The maximum absolute atomic E-state index is 12.7. The van der Waals surface area contributed by atoms with E-state index in [-0.39, 0.29) is 5.82 Å². The average Bonchev–Trinajstić information content (AvgIpc) is 2.30. The van der Waals surface area contributed by atoms with Crippen LogP contribution in [0.2, 0.25) is 0 Å². The molecule has 2 rings (SSSR count). The van der Waals surface area contributed by atoms with Crippen LogP contribution < -0.4 is 0 Å². The Morgan fingerprint density at radius 3 is 1.81 bits per heavy atom. The summed E-state index contributed by atoms with van der Waals surface area (Å²) in [6.45, 7) is 0. The SMILES string of the molecule is O[C@@H](c1ccc(F)cc1)c1ccc(Br)cc1. The van der Waals surface area contributed by atoms with Crippen molar-refractivity contribution in [2.45, 2.75) is 6.10 Å². The maximum atomic E-state index is 12.7. The van der Waals surface area contributed by atoms with Crippen molar-refractivity contribution >= 4 is 15.9 Å². The number of hydrogen-bond donors (Lipinski definition) is 1. The molecule has 0 bridgehead atoms. The summed E-state index contributed by atoms with van der Waals surface area (Å²) in [7, 11) is 0. The molecule has 0 unspecified atom stereocenters. The standard InChI is InChI=1S/C13H10BrFO/c14-11-5-1-9(2-6-11)13(16)10-3-7-12(15)8-4-10/h1-8,13,16H/t13-/m1/s1. The van der Waals surface area contributed by atoms with Gasteiger partial charge < -0.3 is 5.11 Å². The second-order valence-electron chi connectivity index (χ2n) is 3.51. The molecule has 0 saturated heterocycles. The van der Waals surface area contributed by atoms with Gasteiger partial charge in [0, 0.05) is 4.47 Å². The molecule has 0 aliphatic rings. The van der Waals surface area contributed by atoms with Gasteiger partial charge in [-0.3, -0.25) is 0 Å². The van der Waals surface area contributed by atoms with Crippen LogP contribution in [-0.2, 0) is 0 Å². The van der Waals surface area contributed by atoms with Gasteiger partial charge in [0.2, 0.25) is 0 Å². The smallest absolute Gasteiger partial charge is 0.123 e. The highest BCUT2D eigenvalue weighted by atomic mass is 79.9. The molecule has 16 heavy (non-hydrogen) atoms. The summed E-state index contributed by atoms with van der Waals surface area (Å²) < 4.78 is 13.7. The van der Waals surface area contributed by atoms with E-state index in [1.165, 1.54) is 12.1 Å². The molecule has 82 valence electrons. The van der Waals surface area contributed by atoms with E-state index >= 15 is 0 Å². The molecule has 0 radical (unpaired) electrons. The third-order valence-electron chi connectivity index (χ3n) is 2.37. The van der Waals surface area contributed by atoms with E-state index in [0.717, 1.165) is 10.0 Å². The molecule has 2 aromatic carbocycles. The molecule has 2 aromatic rings. The number of halogens is 2. The van der Waals surface area contributed by atoms with E-state index in [0.29, 0.717) is 5.56 Å². The van der Waals surface area contributed by atoms with Gasteiger partial charge in [-0.05, 0) is 35.4 Å². The van der Waals surface area contributed by atoms with Crippen molar-refractivity contribution < 1.29 is 9.50 Å². The van der Waals surface area contributed by atoms with Crippen LogP contribution in [0.3, 0.4) is 0 Å². The van der Waals surface area contributed by atoms with Gasteiger partial charge in [-0.2, -0.15) is 0 Å². The molecule has 0 aromatic heterocycles.